The second-order valence-electron chi connectivity index (χ2n) is 7.99. The lowest BCUT2D eigenvalue weighted by molar-refractivity contribution is -0.128. The van der Waals surface area contributed by atoms with E-state index < -0.39 is 0 Å². The number of carbonyl (C=O) groups excluding carboxylic acids is 1. The van der Waals surface area contributed by atoms with Gasteiger partial charge in [-0.25, -0.2) is 0 Å². The molecule has 6 heteroatoms. The van der Waals surface area contributed by atoms with E-state index in [1.165, 1.54) is 25.7 Å². The molecule has 5 nitrogen and oxygen atoms in total. The van der Waals surface area contributed by atoms with Crippen LogP contribution in [0.5, 0.6) is 0 Å². The number of carbonyl (C=O) groups is 1. The molecule has 0 aliphatic heterocycles. The Hall–Kier alpha value is -0.530. The van der Waals surface area contributed by atoms with E-state index in [1.54, 1.807) is 0 Å². The molecule has 24 heavy (non-hydrogen) atoms. The van der Waals surface area contributed by atoms with Gasteiger partial charge in [0.05, 0.1) is 0 Å². The third-order valence-electron chi connectivity index (χ3n) is 4.62. The maximum Gasteiger partial charge on any atom is 0.225 e. The molecule has 0 radical (unpaired) electrons. The highest BCUT2D eigenvalue weighted by Gasteiger charge is 2.21. The first-order chi connectivity index (χ1) is 10.7. The Morgan fingerprint density at radius 1 is 1.12 bits per heavy atom. The Morgan fingerprint density at radius 2 is 1.67 bits per heavy atom. The highest BCUT2D eigenvalue weighted by atomic mass is 127. The molecular formula is C18H37IN4O. The largest absolute Gasteiger partial charge is 0.354 e. The van der Waals surface area contributed by atoms with Crippen LogP contribution in [0, 0.1) is 17.3 Å². The maximum atomic E-state index is 11.8. The Labute approximate surface area is 165 Å². The molecule has 1 fully saturated rings. The summed E-state index contributed by atoms with van der Waals surface area (Å²) in [6.45, 7) is 10.5. The van der Waals surface area contributed by atoms with Crippen LogP contribution in [0.15, 0.2) is 4.99 Å². The number of guanidine groups is 1. The summed E-state index contributed by atoms with van der Waals surface area (Å²) in [5.74, 6) is 2.66. The first kappa shape index (κ1) is 23.5. The maximum absolute atomic E-state index is 11.8. The number of amides is 1. The predicted molar refractivity (Wildman–Crippen MR) is 113 cm³/mol. The molecule has 1 saturated carbocycles. The van der Waals surface area contributed by atoms with E-state index >= 15 is 0 Å². The van der Waals surface area contributed by atoms with Crippen molar-refractivity contribution in [3.63, 3.8) is 0 Å². The number of nitrogens with zero attached hydrogens (tertiary/aromatic N) is 2. The lowest BCUT2D eigenvalue weighted by Crippen LogP contribution is -2.45. The first-order valence-electron chi connectivity index (χ1n) is 8.94. The minimum atomic E-state index is -0.337. The normalized spacial score (nSPS) is 21.7. The highest BCUT2D eigenvalue weighted by molar-refractivity contribution is 14.0. The molecule has 1 aliphatic rings. The van der Waals surface area contributed by atoms with Gasteiger partial charge < -0.3 is 15.5 Å². The fourth-order valence-corrected chi connectivity index (χ4v) is 2.99. The Morgan fingerprint density at radius 3 is 2.17 bits per heavy atom. The summed E-state index contributed by atoms with van der Waals surface area (Å²) >= 11 is 0. The standard InChI is InChI=1S/C18H36N4O.HI/c1-14-7-9-15(10-8-14)13-22(6)17(19-5)21-12-11-20-16(23)18(2,3)4;/h14-15H,7-13H2,1-6H3,(H,19,21)(H,20,23);1H. The summed E-state index contributed by atoms with van der Waals surface area (Å²) in [7, 11) is 3.91. The van der Waals surface area contributed by atoms with E-state index in [4.69, 9.17) is 0 Å². The summed E-state index contributed by atoms with van der Waals surface area (Å²) in [6, 6.07) is 0. The van der Waals surface area contributed by atoms with Crippen LogP contribution in [0.1, 0.15) is 53.4 Å². The Kier molecular flexibility index (Phi) is 10.9. The summed E-state index contributed by atoms with van der Waals surface area (Å²) in [4.78, 5) is 18.4. The van der Waals surface area contributed by atoms with E-state index in [9.17, 15) is 4.79 Å². The van der Waals surface area contributed by atoms with Crippen LogP contribution in [0.4, 0.5) is 0 Å². The molecule has 0 spiro atoms. The van der Waals surface area contributed by atoms with Crippen molar-refractivity contribution in [3.8, 4) is 0 Å². The quantitative estimate of drug-likeness (QED) is 0.292. The van der Waals surface area contributed by atoms with Gasteiger partial charge in [-0.1, -0.05) is 40.5 Å². The first-order valence-corrected chi connectivity index (χ1v) is 8.94. The fourth-order valence-electron chi connectivity index (χ4n) is 2.99. The third kappa shape index (κ3) is 8.53. The van der Waals surface area contributed by atoms with Crippen LogP contribution in [0.3, 0.4) is 0 Å². The van der Waals surface area contributed by atoms with Crippen molar-refractivity contribution in [1.82, 2.24) is 15.5 Å². The van der Waals surface area contributed by atoms with Gasteiger partial charge >= 0.3 is 0 Å². The van der Waals surface area contributed by atoms with Gasteiger partial charge in [-0.3, -0.25) is 9.79 Å². The molecule has 1 rings (SSSR count). The van der Waals surface area contributed by atoms with Crippen molar-refractivity contribution in [3.05, 3.63) is 0 Å². The molecule has 142 valence electrons. The van der Waals surface area contributed by atoms with Gasteiger partial charge in [0, 0.05) is 39.1 Å². The number of aliphatic imine (C=N–C) groups is 1. The minimum absolute atomic E-state index is 0. The van der Waals surface area contributed by atoms with Crippen molar-refractivity contribution in [1.29, 1.82) is 0 Å². The van der Waals surface area contributed by atoms with Crippen molar-refractivity contribution in [2.75, 3.05) is 33.7 Å². The van der Waals surface area contributed by atoms with Crippen molar-refractivity contribution in [2.24, 2.45) is 22.2 Å². The zero-order valence-corrected chi connectivity index (χ0v) is 18.6. The Balaban J connectivity index is 0.00000529. The van der Waals surface area contributed by atoms with Gasteiger partial charge in [0.1, 0.15) is 0 Å². The average Bonchev–Trinajstić information content (AvgIpc) is 2.48. The number of nitrogens with one attached hydrogen (secondary N) is 2. The molecule has 0 unspecified atom stereocenters. The predicted octanol–water partition coefficient (Wildman–Crippen LogP) is 3.10. The molecular weight excluding hydrogens is 415 g/mol. The number of hydrogen-bond donors (Lipinski definition) is 2. The van der Waals surface area contributed by atoms with Crippen molar-refractivity contribution in [2.45, 2.75) is 53.4 Å². The molecule has 0 saturated heterocycles. The van der Waals surface area contributed by atoms with Gasteiger partial charge in [-0.05, 0) is 24.7 Å². The molecule has 1 aliphatic carbocycles. The number of halogens is 1. The second-order valence-corrected chi connectivity index (χ2v) is 7.99. The minimum Gasteiger partial charge on any atom is -0.354 e. The van der Waals surface area contributed by atoms with Crippen LogP contribution in [-0.4, -0.2) is 50.5 Å². The lowest BCUT2D eigenvalue weighted by Gasteiger charge is -2.31. The van der Waals surface area contributed by atoms with Gasteiger partial charge in [-0.15, -0.1) is 24.0 Å². The second kappa shape index (κ2) is 11.2. The van der Waals surface area contributed by atoms with Crippen LogP contribution in [0.2, 0.25) is 0 Å². The van der Waals surface area contributed by atoms with E-state index in [2.05, 4.69) is 34.5 Å². The van der Waals surface area contributed by atoms with Crippen LogP contribution in [-0.2, 0) is 4.79 Å². The van der Waals surface area contributed by atoms with E-state index in [0.29, 0.717) is 13.1 Å². The summed E-state index contributed by atoms with van der Waals surface area (Å²) in [5, 5.41) is 6.29. The molecule has 0 bridgehead atoms. The van der Waals surface area contributed by atoms with Crippen LogP contribution >= 0.6 is 24.0 Å². The van der Waals surface area contributed by atoms with Gasteiger partial charge in [0.25, 0.3) is 0 Å². The SMILES string of the molecule is CN=C(NCCNC(=O)C(C)(C)C)N(C)CC1CCC(C)CC1.I. The highest BCUT2D eigenvalue weighted by Crippen LogP contribution is 2.28. The molecule has 0 aromatic heterocycles. The molecule has 0 atom stereocenters. The topological polar surface area (TPSA) is 56.7 Å². The molecule has 0 aromatic rings. The monoisotopic (exact) mass is 452 g/mol. The summed E-state index contributed by atoms with van der Waals surface area (Å²) in [6.07, 6.45) is 5.35. The smallest absolute Gasteiger partial charge is 0.225 e. The molecule has 0 heterocycles. The van der Waals surface area contributed by atoms with E-state index in [-0.39, 0.29) is 35.3 Å². The Bertz CT molecular complexity index is 398. The van der Waals surface area contributed by atoms with Crippen molar-refractivity contribution < 1.29 is 4.79 Å². The van der Waals surface area contributed by atoms with E-state index in [0.717, 1.165) is 24.3 Å². The van der Waals surface area contributed by atoms with Gasteiger partial charge in [0.15, 0.2) is 5.96 Å². The number of rotatable bonds is 5. The number of hydrogen-bond acceptors (Lipinski definition) is 2. The zero-order valence-electron chi connectivity index (χ0n) is 16.3. The van der Waals surface area contributed by atoms with E-state index in [1.807, 2.05) is 27.8 Å². The zero-order chi connectivity index (χ0) is 17.5. The van der Waals surface area contributed by atoms with Crippen molar-refractivity contribution >= 4 is 35.8 Å². The molecule has 0 aromatic carbocycles. The molecule has 2 N–H and O–H groups in total. The summed E-state index contributed by atoms with van der Waals surface area (Å²) in [5.41, 5.74) is -0.337. The van der Waals surface area contributed by atoms with Gasteiger partial charge in [0.2, 0.25) is 5.91 Å². The summed E-state index contributed by atoms with van der Waals surface area (Å²) < 4.78 is 0. The third-order valence-corrected chi connectivity index (χ3v) is 4.62. The van der Waals surface area contributed by atoms with Crippen LogP contribution < -0.4 is 10.6 Å². The molecule has 1 amide bonds. The fraction of sp³-hybridized carbons (Fsp3) is 0.889. The average molecular weight is 452 g/mol. The van der Waals surface area contributed by atoms with Crippen LogP contribution in [0.25, 0.3) is 0 Å². The lowest BCUT2D eigenvalue weighted by atomic mass is 9.83. The van der Waals surface area contributed by atoms with Gasteiger partial charge in [-0.2, -0.15) is 0 Å².